The molecule has 0 fully saturated rings. The van der Waals surface area contributed by atoms with Crippen LogP contribution in [0.25, 0.3) is 0 Å². The molecular formula is C43H86N2O5. The Morgan fingerprint density at radius 2 is 0.900 bits per heavy atom. The summed E-state index contributed by atoms with van der Waals surface area (Å²) in [6.45, 7) is 11.1. The van der Waals surface area contributed by atoms with Crippen LogP contribution in [-0.4, -0.2) is 79.5 Å². The zero-order valence-electron chi connectivity index (χ0n) is 34.0. The molecule has 0 bridgehead atoms. The summed E-state index contributed by atoms with van der Waals surface area (Å²) >= 11 is 0. The number of aliphatic hydroxyl groups excluding tert-OH is 1. The van der Waals surface area contributed by atoms with Crippen LogP contribution < -0.4 is 0 Å². The number of rotatable bonds is 40. The molecule has 1 N–H and O–H groups in total. The van der Waals surface area contributed by atoms with Crippen molar-refractivity contribution in [3.63, 3.8) is 0 Å². The van der Waals surface area contributed by atoms with E-state index in [4.69, 9.17) is 9.47 Å². The molecule has 0 unspecified atom stereocenters. The van der Waals surface area contributed by atoms with Crippen LogP contribution in [0.1, 0.15) is 213 Å². The minimum Gasteiger partial charge on any atom is -0.462 e. The van der Waals surface area contributed by atoms with Crippen molar-refractivity contribution in [2.75, 3.05) is 46.6 Å². The van der Waals surface area contributed by atoms with Crippen molar-refractivity contribution in [3.8, 4) is 0 Å². The first-order valence-corrected chi connectivity index (χ1v) is 21.8. The Hall–Kier alpha value is -1.18. The largest absolute Gasteiger partial charge is 0.462 e. The number of ether oxygens (including phenoxy) is 2. The minimum atomic E-state index is -0.0780. The maximum atomic E-state index is 12.7. The molecule has 0 aliphatic heterocycles. The van der Waals surface area contributed by atoms with Gasteiger partial charge in [-0.15, -0.1) is 0 Å². The number of esters is 2. The molecule has 0 saturated heterocycles. The number of hydrogen-bond donors (Lipinski definition) is 1. The Labute approximate surface area is 311 Å². The van der Waals surface area contributed by atoms with E-state index in [9.17, 15) is 14.7 Å². The molecular weight excluding hydrogens is 624 g/mol. The number of nitrogens with zero attached hydrogens (tertiary/aromatic N) is 2. The highest BCUT2D eigenvalue weighted by molar-refractivity contribution is 5.69. The standard InChI is InChI=1S/C43H86N2O5/c1-5-8-11-14-18-24-31-41(32-25-19-15-12-9-6-2)50-43(48)34-27-21-17-23-30-37-45(38-39-46)36-29-22-16-20-26-33-42(47)49-40-44(4)35-28-13-10-7-3/h41,46H,5-40H2,1-4H3. The molecule has 298 valence electrons. The lowest BCUT2D eigenvalue weighted by atomic mass is 10.0. The second kappa shape index (κ2) is 39.0. The maximum absolute atomic E-state index is 12.7. The summed E-state index contributed by atoms with van der Waals surface area (Å²) in [6.07, 6.45) is 34.4. The summed E-state index contributed by atoms with van der Waals surface area (Å²) in [5.74, 6) is -0.0666. The molecule has 0 atom stereocenters. The normalized spacial score (nSPS) is 11.7. The summed E-state index contributed by atoms with van der Waals surface area (Å²) in [4.78, 5) is 29.2. The predicted octanol–water partition coefficient (Wildman–Crippen LogP) is 11.4. The minimum absolute atomic E-state index is 0.0114. The molecule has 7 heteroatoms. The summed E-state index contributed by atoms with van der Waals surface area (Å²) in [6, 6.07) is 0. The van der Waals surface area contributed by atoms with E-state index in [2.05, 4.69) is 30.6 Å². The number of carbonyl (C=O) groups excluding carboxylic acids is 2. The number of hydrogen-bond acceptors (Lipinski definition) is 7. The van der Waals surface area contributed by atoms with Gasteiger partial charge in [-0.2, -0.15) is 0 Å². The molecule has 0 aliphatic carbocycles. The van der Waals surface area contributed by atoms with E-state index in [0.717, 1.165) is 103 Å². The molecule has 0 radical (unpaired) electrons. The van der Waals surface area contributed by atoms with Gasteiger partial charge in [0.15, 0.2) is 0 Å². The second-order valence-corrected chi connectivity index (χ2v) is 15.1. The van der Waals surface area contributed by atoms with Gasteiger partial charge in [0.2, 0.25) is 0 Å². The van der Waals surface area contributed by atoms with Gasteiger partial charge in [-0.3, -0.25) is 14.5 Å². The lowest BCUT2D eigenvalue weighted by Gasteiger charge is -2.21. The number of unbranched alkanes of at least 4 members (excludes halogenated alkanes) is 21. The third-order valence-electron chi connectivity index (χ3n) is 10.0. The molecule has 7 nitrogen and oxygen atoms in total. The van der Waals surface area contributed by atoms with E-state index in [1.54, 1.807) is 0 Å². The molecule has 0 amide bonds. The van der Waals surface area contributed by atoms with Gasteiger partial charge in [0.05, 0.1) is 6.61 Å². The quantitative estimate of drug-likeness (QED) is 0.0385. The predicted molar refractivity (Wildman–Crippen MR) is 213 cm³/mol. The van der Waals surface area contributed by atoms with E-state index >= 15 is 0 Å². The van der Waals surface area contributed by atoms with Crippen LogP contribution in [0.4, 0.5) is 0 Å². The average molecular weight is 711 g/mol. The van der Waals surface area contributed by atoms with E-state index in [1.807, 2.05) is 7.05 Å². The first-order valence-electron chi connectivity index (χ1n) is 21.8. The molecule has 0 aliphatic rings. The fraction of sp³-hybridized carbons (Fsp3) is 0.953. The van der Waals surface area contributed by atoms with Gasteiger partial charge in [-0.05, 0) is 77.9 Å². The van der Waals surface area contributed by atoms with Gasteiger partial charge in [-0.1, -0.05) is 143 Å². The third-order valence-corrected chi connectivity index (χ3v) is 10.0. The summed E-state index contributed by atoms with van der Waals surface area (Å²) in [5.41, 5.74) is 0. The van der Waals surface area contributed by atoms with Gasteiger partial charge < -0.3 is 19.5 Å². The summed E-state index contributed by atoms with van der Waals surface area (Å²) in [7, 11) is 2.02. The Morgan fingerprint density at radius 1 is 0.500 bits per heavy atom. The molecule has 0 aromatic carbocycles. The summed E-state index contributed by atoms with van der Waals surface area (Å²) < 4.78 is 11.4. The Balaban J connectivity index is 3.99. The van der Waals surface area contributed by atoms with Crippen LogP contribution in [0.5, 0.6) is 0 Å². The van der Waals surface area contributed by atoms with Crippen molar-refractivity contribution in [1.82, 2.24) is 9.80 Å². The van der Waals surface area contributed by atoms with Crippen LogP contribution in [0.15, 0.2) is 0 Å². The van der Waals surface area contributed by atoms with Gasteiger partial charge in [0, 0.05) is 25.9 Å². The van der Waals surface area contributed by atoms with E-state index in [1.165, 1.54) is 103 Å². The van der Waals surface area contributed by atoms with Crippen molar-refractivity contribution < 1.29 is 24.2 Å². The van der Waals surface area contributed by atoms with E-state index < -0.39 is 0 Å². The van der Waals surface area contributed by atoms with Crippen LogP contribution in [0, 0.1) is 0 Å². The van der Waals surface area contributed by atoms with Gasteiger partial charge >= 0.3 is 11.9 Å². The third kappa shape index (κ3) is 35.2. The molecule has 50 heavy (non-hydrogen) atoms. The van der Waals surface area contributed by atoms with Crippen LogP contribution in [-0.2, 0) is 19.1 Å². The molecule has 0 aromatic heterocycles. The Kier molecular flexibility index (Phi) is 38.1. The summed E-state index contributed by atoms with van der Waals surface area (Å²) in [5, 5.41) is 9.54. The average Bonchev–Trinajstić information content (AvgIpc) is 3.11. The number of aliphatic hydroxyl groups is 1. The van der Waals surface area contributed by atoms with Crippen molar-refractivity contribution in [2.24, 2.45) is 0 Å². The lowest BCUT2D eigenvalue weighted by molar-refractivity contribution is -0.150. The van der Waals surface area contributed by atoms with Gasteiger partial charge in [-0.25, -0.2) is 0 Å². The molecule has 0 saturated carbocycles. The van der Waals surface area contributed by atoms with Crippen molar-refractivity contribution in [2.45, 2.75) is 219 Å². The Morgan fingerprint density at radius 3 is 1.40 bits per heavy atom. The van der Waals surface area contributed by atoms with Gasteiger partial charge in [0.25, 0.3) is 0 Å². The molecule has 0 aromatic rings. The first-order chi connectivity index (χ1) is 24.5. The monoisotopic (exact) mass is 711 g/mol. The topological polar surface area (TPSA) is 79.3 Å². The molecule has 0 heterocycles. The second-order valence-electron chi connectivity index (χ2n) is 15.1. The van der Waals surface area contributed by atoms with Crippen LogP contribution in [0.3, 0.4) is 0 Å². The van der Waals surface area contributed by atoms with Crippen molar-refractivity contribution in [1.29, 1.82) is 0 Å². The smallest absolute Gasteiger partial charge is 0.307 e. The number of carbonyl (C=O) groups is 2. The van der Waals surface area contributed by atoms with E-state index in [-0.39, 0.29) is 24.6 Å². The SMILES string of the molecule is CCCCCCCCC(CCCCCCCC)OC(=O)CCCCCCCN(CCO)CCCCCCCC(=O)OCN(C)CCCCCC. The lowest BCUT2D eigenvalue weighted by Crippen LogP contribution is -2.29. The fourth-order valence-corrected chi connectivity index (χ4v) is 6.69. The van der Waals surface area contributed by atoms with Crippen LogP contribution >= 0.6 is 0 Å². The van der Waals surface area contributed by atoms with Crippen molar-refractivity contribution >= 4 is 11.9 Å². The molecule has 0 rings (SSSR count). The first kappa shape index (κ1) is 48.8. The maximum Gasteiger partial charge on any atom is 0.307 e. The highest BCUT2D eigenvalue weighted by Gasteiger charge is 2.14. The fourth-order valence-electron chi connectivity index (χ4n) is 6.69. The van der Waals surface area contributed by atoms with Crippen molar-refractivity contribution in [3.05, 3.63) is 0 Å². The Bertz CT molecular complexity index is 705. The zero-order valence-corrected chi connectivity index (χ0v) is 34.0. The van der Waals surface area contributed by atoms with Gasteiger partial charge in [0.1, 0.15) is 12.8 Å². The van der Waals surface area contributed by atoms with E-state index in [0.29, 0.717) is 19.6 Å². The molecule has 0 spiro atoms. The highest BCUT2D eigenvalue weighted by atomic mass is 16.5. The van der Waals surface area contributed by atoms with Crippen LogP contribution in [0.2, 0.25) is 0 Å². The highest BCUT2D eigenvalue weighted by Crippen LogP contribution is 2.18. The zero-order chi connectivity index (χ0) is 36.8.